The molecule has 4 aliphatic heterocycles. The molecule has 4 heterocycles. The van der Waals surface area contributed by atoms with Gasteiger partial charge in [-0.2, -0.15) is 0 Å². The van der Waals surface area contributed by atoms with Gasteiger partial charge in [0.1, 0.15) is 5.76 Å². The molecule has 100 valence electrons. The second-order valence-corrected chi connectivity index (χ2v) is 5.90. The minimum atomic E-state index is -0.405. The Balaban J connectivity index is 1.52. The zero-order valence-corrected chi connectivity index (χ0v) is 10.9. The number of rotatable bonds is 2. The summed E-state index contributed by atoms with van der Waals surface area (Å²) >= 11 is 0. The molecule has 0 aromatic carbocycles. The fraction of sp³-hybridized carbons (Fsp3) is 0.533. The average molecular weight is 258 g/mol. The SMILES string of the molecule is O=CC1C=C2C=CN([C@@H]3C[C@H]4CCN(C4)C3)C=C2O1. The van der Waals surface area contributed by atoms with Crippen LogP contribution in [-0.4, -0.2) is 47.9 Å². The summed E-state index contributed by atoms with van der Waals surface area (Å²) in [5, 5.41) is 0. The summed E-state index contributed by atoms with van der Waals surface area (Å²) in [6.07, 6.45) is 11.2. The summed E-state index contributed by atoms with van der Waals surface area (Å²) < 4.78 is 5.60. The van der Waals surface area contributed by atoms with Crippen LogP contribution < -0.4 is 0 Å². The lowest BCUT2D eigenvalue weighted by Gasteiger charge is -2.37. The van der Waals surface area contributed by atoms with Crippen molar-refractivity contribution in [1.82, 2.24) is 9.80 Å². The Labute approximate surface area is 113 Å². The van der Waals surface area contributed by atoms with Crippen LogP contribution >= 0.6 is 0 Å². The van der Waals surface area contributed by atoms with E-state index in [1.54, 1.807) is 0 Å². The van der Waals surface area contributed by atoms with Gasteiger partial charge in [-0.15, -0.1) is 0 Å². The fourth-order valence-electron chi connectivity index (χ4n) is 3.63. The quantitative estimate of drug-likeness (QED) is 0.698. The van der Waals surface area contributed by atoms with Crippen molar-refractivity contribution in [2.45, 2.75) is 25.0 Å². The number of carbonyl (C=O) groups is 1. The second kappa shape index (κ2) is 4.23. The topological polar surface area (TPSA) is 32.8 Å². The van der Waals surface area contributed by atoms with Gasteiger partial charge < -0.3 is 14.5 Å². The molecule has 0 radical (unpaired) electrons. The molecule has 4 nitrogen and oxygen atoms in total. The van der Waals surface area contributed by atoms with Crippen molar-refractivity contribution in [3.8, 4) is 0 Å². The minimum Gasteiger partial charge on any atom is -0.477 e. The number of piperidine rings is 1. The zero-order chi connectivity index (χ0) is 12.8. The van der Waals surface area contributed by atoms with Gasteiger partial charge in [0.05, 0.1) is 0 Å². The number of hydrogen-bond donors (Lipinski definition) is 0. The Morgan fingerprint density at radius 3 is 3.16 bits per heavy atom. The van der Waals surface area contributed by atoms with Crippen LogP contribution in [0.25, 0.3) is 0 Å². The molecule has 4 aliphatic rings. The Bertz CT molecular complexity index is 482. The van der Waals surface area contributed by atoms with Gasteiger partial charge in [-0.3, -0.25) is 4.79 Å². The number of nitrogens with zero attached hydrogens (tertiary/aromatic N) is 2. The van der Waals surface area contributed by atoms with E-state index in [-0.39, 0.29) is 0 Å². The van der Waals surface area contributed by atoms with E-state index in [9.17, 15) is 4.79 Å². The van der Waals surface area contributed by atoms with E-state index < -0.39 is 6.10 Å². The Morgan fingerprint density at radius 1 is 1.37 bits per heavy atom. The largest absolute Gasteiger partial charge is 0.477 e. The first-order valence-corrected chi connectivity index (χ1v) is 7.06. The van der Waals surface area contributed by atoms with Crippen LogP contribution in [-0.2, 0) is 9.53 Å². The molecule has 2 fully saturated rings. The number of fused-ring (bicyclic) bond motifs is 3. The normalized spacial score (nSPS) is 39.5. The van der Waals surface area contributed by atoms with E-state index in [2.05, 4.69) is 28.3 Å². The van der Waals surface area contributed by atoms with Crippen molar-refractivity contribution >= 4 is 6.29 Å². The third-order valence-corrected chi connectivity index (χ3v) is 4.58. The molecular formula is C15H18N2O2. The van der Waals surface area contributed by atoms with E-state index in [0.717, 1.165) is 30.1 Å². The summed E-state index contributed by atoms with van der Waals surface area (Å²) in [5.41, 5.74) is 1.03. The number of aldehydes is 1. The standard InChI is InChI=1S/C15H18N2O2/c18-10-14-6-12-2-4-17(9-15(12)19-14)13-5-11-1-3-16(7-11)8-13/h2,4,6,9-11,13-14H,1,3,5,7-8H2/t11-,13-,14?/m1/s1. The van der Waals surface area contributed by atoms with E-state index in [0.29, 0.717) is 6.04 Å². The predicted molar refractivity (Wildman–Crippen MR) is 71.0 cm³/mol. The van der Waals surface area contributed by atoms with Crippen LogP contribution in [0.4, 0.5) is 0 Å². The van der Waals surface area contributed by atoms with E-state index in [4.69, 9.17) is 4.74 Å². The first-order chi connectivity index (χ1) is 9.31. The first-order valence-electron chi connectivity index (χ1n) is 7.06. The maximum atomic E-state index is 10.8. The maximum absolute atomic E-state index is 10.8. The van der Waals surface area contributed by atoms with Crippen molar-refractivity contribution in [3.63, 3.8) is 0 Å². The summed E-state index contributed by atoms with van der Waals surface area (Å²) in [7, 11) is 0. The lowest BCUT2D eigenvalue weighted by atomic mass is 9.95. The third kappa shape index (κ3) is 1.91. The van der Waals surface area contributed by atoms with Gasteiger partial charge >= 0.3 is 0 Å². The molecule has 0 N–H and O–H groups in total. The van der Waals surface area contributed by atoms with Crippen molar-refractivity contribution in [3.05, 3.63) is 35.9 Å². The molecular weight excluding hydrogens is 240 g/mol. The van der Waals surface area contributed by atoms with Crippen molar-refractivity contribution in [2.24, 2.45) is 5.92 Å². The van der Waals surface area contributed by atoms with Crippen molar-refractivity contribution in [1.29, 1.82) is 0 Å². The number of ether oxygens (including phenoxy) is 1. The lowest BCUT2D eigenvalue weighted by Crippen LogP contribution is -2.43. The van der Waals surface area contributed by atoms with Gasteiger partial charge in [-0.25, -0.2) is 0 Å². The predicted octanol–water partition coefficient (Wildman–Crippen LogP) is 1.28. The van der Waals surface area contributed by atoms with Gasteiger partial charge in [-0.05, 0) is 37.5 Å². The first kappa shape index (κ1) is 11.3. The van der Waals surface area contributed by atoms with Crippen molar-refractivity contribution < 1.29 is 9.53 Å². The van der Waals surface area contributed by atoms with Crippen LogP contribution in [0.5, 0.6) is 0 Å². The molecule has 2 unspecified atom stereocenters. The smallest absolute Gasteiger partial charge is 0.173 e. The molecule has 0 aromatic rings. The van der Waals surface area contributed by atoms with Gasteiger partial charge in [0, 0.05) is 37.1 Å². The van der Waals surface area contributed by atoms with Crippen LogP contribution in [0.1, 0.15) is 12.8 Å². The Morgan fingerprint density at radius 2 is 2.32 bits per heavy atom. The number of hydrogen-bond acceptors (Lipinski definition) is 4. The van der Waals surface area contributed by atoms with Gasteiger partial charge in [-0.1, -0.05) is 0 Å². The highest BCUT2D eigenvalue weighted by Gasteiger charge is 2.35. The van der Waals surface area contributed by atoms with Gasteiger partial charge in [0.15, 0.2) is 12.4 Å². The number of carbonyl (C=O) groups excluding carboxylic acids is 1. The molecule has 19 heavy (non-hydrogen) atoms. The molecule has 4 rings (SSSR count). The Kier molecular flexibility index (Phi) is 2.52. The highest BCUT2D eigenvalue weighted by molar-refractivity contribution is 5.64. The fourth-order valence-corrected chi connectivity index (χ4v) is 3.63. The summed E-state index contributed by atoms with van der Waals surface area (Å²) in [6, 6.07) is 0.547. The molecule has 0 aromatic heterocycles. The molecule has 4 heteroatoms. The Hall–Kier alpha value is -1.55. The summed E-state index contributed by atoms with van der Waals surface area (Å²) in [6.45, 7) is 3.67. The van der Waals surface area contributed by atoms with Gasteiger partial charge in [0.2, 0.25) is 0 Å². The molecule has 0 aliphatic carbocycles. The maximum Gasteiger partial charge on any atom is 0.173 e. The lowest BCUT2D eigenvalue weighted by molar-refractivity contribution is -0.113. The molecule has 0 spiro atoms. The molecule has 2 bridgehead atoms. The molecule has 2 saturated heterocycles. The number of allylic oxidation sites excluding steroid dienone is 1. The highest BCUT2D eigenvalue weighted by atomic mass is 16.5. The molecule has 0 saturated carbocycles. The van der Waals surface area contributed by atoms with E-state index >= 15 is 0 Å². The van der Waals surface area contributed by atoms with Crippen LogP contribution in [0.2, 0.25) is 0 Å². The molecule has 4 atom stereocenters. The van der Waals surface area contributed by atoms with Crippen LogP contribution in [0.3, 0.4) is 0 Å². The molecule has 0 amide bonds. The van der Waals surface area contributed by atoms with Crippen molar-refractivity contribution in [2.75, 3.05) is 19.6 Å². The minimum absolute atomic E-state index is 0.405. The van der Waals surface area contributed by atoms with Crippen LogP contribution in [0.15, 0.2) is 35.9 Å². The highest BCUT2D eigenvalue weighted by Crippen LogP contribution is 2.33. The zero-order valence-electron chi connectivity index (χ0n) is 10.9. The van der Waals surface area contributed by atoms with Crippen LogP contribution in [0, 0.1) is 5.92 Å². The second-order valence-electron chi connectivity index (χ2n) is 5.90. The summed E-state index contributed by atoms with van der Waals surface area (Å²) in [5.74, 6) is 1.70. The monoisotopic (exact) mass is 258 g/mol. The van der Waals surface area contributed by atoms with E-state index in [1.165, 1.54) is 25.9 Å². The third-order valence-electron chi connectivity index (χ3n) is 4.58. The summed E-state index contributed by atoms with van der Waals surface area (Å²) in [4.78, 5) is 15.6. The average Bonchev–Trinajstić information content (AvgIpc) is 3.00. The van der Waals surface area contributed by atoms with Gasteiger partial charge in [0.25, 0.3) is 0 Å². The van der Waals surface area contributed by atoms with E-state index in [1.807, 2.05) is 6.08 Å².